The zero-order valence-corrected chi connectivity index (χ0v) is 20.3. The molecule has 1 aliphatic heterocycles. The maximum absolute atomic E-state index is 11.3. The lowest BCUT2D eigenvalue weighted by molar-refractivity contribution is -0.137. The second kappa shape index (κ2) is 11.2. The summed E-state index contributed by atoms with van der Waals surface area (Å²) < 4.78 is 5.96. The molecule has 2 heterocycles. The number of aliphatic carboxylic acids is 1. The van der Waals surface area contributed by atoms with E-state index in [1.807, 2.05) is 42.5 Å². The molecule has 180 valence electrons. The van der Waals surface area contributed by atoms with E-state index in [1.165, 1.54) is 21.8 Å². The SMILES string of the molecule is CC#CC(CC(=O)O)c1ccc(OCc2cccc(CN3CCc4sc(C(=O)O)cc4C3)c2)cc1. The smallest absolute Gasteiger partial charge is 0.345 e. The van der Waals surface area contributed by atoms with Crippen LogP contribution in [0.4, 0.5) is 0 Å². The zero-order chi connectivity index (χ0) is 24.8. The molecule has 1 atom stereocenters. The van der Waals surface area contributed by atoms with Gasteiger partial charge in [0.05, 0.1) is 12.3 Å². The third-order valence-electron chi connectivity index (χ3n) is 5.94. The number of carbonyl (C=O) groups is 2. The lowest BCUT2D eigenvalue weighted by atomic mass is 9.96. The van der Waals surface area contributed by atoms with E-state index in [4.69, 9.17) is 9.84 Å². The van der Waals surface area contributed by atoms with Crippen molar-refractivity contribution < 1.29 is 24.5 Å². The Balaban J connectivity index is 1.34. The summed E-state index contributed by atoms with van der Waals surface area (Å²) in [5, 5.41) is 18.4. The maximum atomic E-state index is 11.3. The summed E-state index contributed by atoms with van der Waals surface area (Å²) in [6, 6.07) is 17.5. The van der Waals surface area contributed by atoms with Crippen molar-refractivity contribution in [3.8, 4) is 17.6 Å². The molecule has 0 radical (unpaired) electrons. The molecular weight excluding hydrogens is 462 g/mol. The van der Waals surface area contributed by atoms with Gasteiger partial charge in [-0.25, -0.2) is 4.79 Å². The first-order valence-corrected chi connectivity index (χ1v) is 12.2. The zero-order valence-electron chi connectivity index (χ0n) is 19.5. The lowest BCUT2D eigenvalue weighted by Crippen LogP contribution is -2.29. The number of carboxylic acids is 2. The van der Waals surface area contributed by atoms with Crippen LogP contribution in [0.25, 0.3) is 0 Å². The summed E-state index contributed by atoms with van der Waals surface area (Å²) in [7, 11) is 0. The summed E-state index contributed by atoms with van der Waals surface area (Å²) in [6.07, 6.45) is 0.850. The first-order valence-electron chi connectivity index (χ1n) is 11.4. The molecule has 0 saturated heterocycles. The fourth-order valence-corrected chi connectivity index (χ4v) is 5.27. The van der Waals surface area contributed by atoms with Crippen molar-refractivity contribution in [3.63, 3.8) is 0 Å². The van der Waals surface area contributed by atoms with Gasteiger partial charge in [-0.1, -0.05) is 42.3 Å². The number of thiophene rings is 1. The first-order chi connectivity index (χ1) is 16.9. The number of aromatic carboxylic acids is 1. The molecule has 0 spiro atoms. The summed E-state index contributed by atoms with van der Waals surface area (Å²) in [5.41, 5.74) is 4.24. The highest BCUT2D eigenvalue weighted by Gasteiger charge is 2.21. The van der Waals surface area contributed by atoms with Gasteiger partial charge in [-0.15, -0.1) is 17.3 Å². The van der Waals surface area contributed by atoms with E-state index in [-0.39, 0.29) is 12.3 Å². The van der Waals surface area contributed by atoms with Crippen LogP contribution in [0.2, 0.25) is 0 Å². The standard InChI is InChI=1S/C28H27NO5S/c1-2-4-22(15-27(30)31)21-7-9-24(10-8-21)34-18-20-6-3-5-19(13-20)16-29-12-11-25-23(17-29)14-26(35-25)28(32)33/h3,5-10,13-14,22H,11-12,15-18H2,1H3,(H,30,31)(H,32,33). The van der Waals surface area contributed by atoms with Crippen molar-refractivity contribution in [2.45, 2.75) is 45.4 Å². The Morgan fingerprint density at radius 1 is 1.11 bits per heavy atom. The molecule has 2 N–H and O–H groups in total. The predicted molar refractivity (Wildman–Crippen MR) is 135 cm³/mol. The Kier molecular flexibility index (Phi) is 7.86. The third kappa shape index (κ3) is 6.50. The van der Waals surface area contributed by atoms with Crippen LogP contribution in [-0.4, -0.2) is 33.6 Å². The molecule has 0 fully saturated rings. The van der Waals surface area contributed by atoms with Crippen LogP contribution >= 0.6 is 11.3 Å². The number of benzene rings is 2. The van der Waals surface area contributed by atoms with Crippen molar-refractivity contribution in [2.75, 3.05) is 6.54 Å². The van der Waals surface area contributed by atoms with Gasteiger partial charge in [-0.05, 0) is 53.8 Å². The van der Waals surface area contributed by atoms with Crippen LogP contribution in [-0.2, 0) is 30.9 Å². The van der Waals surface area contributed by atoms with Crippen LogP contribution in [0.15, 0.2) is 54.6 Å². The molecule has 0 aliphatic carbocycles. The molecule has 0 saturated carbocycles. The van der Waals surface area contributed by atoms with Gasteiger partial charge in [-0.3, -0.25) is 9.69 Å². The van der Waals surface area contributed by atoms with Crippen molar-refractivity contribution in [1.82, 2.24) is 4.90 Å². The van der Waals surface area contributed by atoms with Gasteiger partial charge < -0.3 is 14.9 Å². The molecule has 4 rings (SSSR count). The van der Waals surface area contributed by atoms with Gasteiger partial charge in [0.2, 0.25) is 0 Å². The van der Waals surface area contributed by atoms with E-state index in [9.17, 15) is 14.7 Å². The Morgan fingerprint density at radius 3 is 2.60 bits per heavy atom. The van der Waals surface area contributed by atoms with E-state index in [1.54, 1.807) is 6.92 Å². The number of carboxylic acid groups (broad SMARTS) is 2. The maximum Gasteiger partial charge on any atom is 0.345 e. The number of hydrogen-bond acceptors (Lipinski definition) is 5. The molecular formula is C28H27NO5S. The molecule has 6 nitrogen and oxygen atoms in total. The topological polar surface area (TPSA) is 87.1 Å². The second-order valence-electron chi connectivity index (χ2n) is 8.55. The predicted octanol–water partition coefficient (Wildman–Crippen LogP) is 5.17. The molecule has 1 aliphatic rings. The van der Waals surface area contributed by atoms with E-state index in [2.05, 4.69) is 28.9 Å². The van der Waals surface area contributed by atoms with Gasteiger partial charge in [0.25, 0.3) is 0 Å². The number of fused-ring (bicyclic) bond motifs is 1. The van der Waals surface area contributed by atoms with E-state index < -0.39 is 11.9 Å². The average Bonchev–Trinajstić information content (AvgIpc) is 3.27. The number of ether oxygens (including phenoxy) is 1. The van der Waals surface area contributed by atoms with Gasteiger partial charge >= 0.3 is 11.9 Å². The summed E-state index contributed by atoms with van der Waals surface area (Å²) in [6.45, 7) is 4.60. The first kappa shape index (κ1) is 24.5. The summed E-state index contributed by atoms with van der Waals surface area (Å²) in [5.74, 6) is 4.42. The van der Waals surface area contributed by atoms with Crippen LogP contribution < -0.4 is 4.74 Å². The number of nitrogens with zero attached hydrogens (tertiary/aromatic N) is 1. The van der Waals surface area contributed by atoms with E-state index in [0.29, 0.717) is 17.2 Å². The quantitative estimate of drug-likeness (QED) is 0.404. The number of rotatable bonds is 9. The fourth-order valence-electron chi connectivity index (χ4n) is 4.27. The van der Waals surface area contributed by atoms with E-state index >= 15 is 0 Å². The minimum Gasteiger partial charge on any atom is -0.489 e. The fraction of sp³-hybridized carbons (Fsp3) is 0.286. The minimum absolute atomic E-state index is 0.0285. The Labute approximate surface area is 208 Å². The lowest BCUT2D eigenvalue weighted by Gasteiger charge is -2.26. The molecule has 0 bridgehead atoms. The van der Waals surface area contributed by atoms with Crippen molar-refractivity contribution in [1.29, 1.82) is 0 Å². The Bertz CT molecular complexity index is 1270. The Morgan fingerprint density at radius 2 is 1.89 bits per heavy atom. The average molecular weight is 490 g/mol. The van der Waals surface area contributed by atoms with Crippen molar-refractivity contribution in [2.24, 2.45) is 0 Å². The highest BCUT2D eigenvalue weighted by molar-refractivity contribution is 7.14. The molecule has 1 unspecified atom stereocenters. The van der Waals surface area contributed by atoms with Crippen LogP contribution in [0.3, 0.4) is 0 Å². The largest absolute Gasteiger partial charge is 0.489 e. The minimum atomic E-state index is -0.872. The normalized spacial score (nSPS) is 13.9. The number of hydrogen-bond donors (Lipinski definition) is 2. The van der Waals surface area contributed by atoms with E-state index in [0.717, 1.165) is 42.7 Å². The highest BCUT2D eigenvalue weighted by Crippen LogP contribution is 2.29. The van der Waals surface area contributed by atoms with Gasteiger partial charge in [0.1, 0.15) is 17.2 Å². The molecule has 35 heavy (non-hydrogen) atoms. The molecule has 2 aromatic carbocycles. The molecule has 0 amide bonds. The molecule has 1 aromatic heterocycles. The highest BCUT2D eigenvalue weighted by atomic mass is 32.1. The third-order valence-corrected chi connectivity index (χ3v) is 7.16. The monoisotopic (exact) mass is 489 g/mol. The van der Waals surface area contributed by atoms with Crippen LogP contribution in [0.5, 0.6) is 5.75 Å². The van der Waals surface area contributed by atoms with Gasteiger partial charge in [-0.2, -0.15) is 0 Å². The summed E-state index contributed by atoms with van der Waals surface area (Å²) in [4.78, 5) is 26.3. The molecule has 3 aromatic rings. The van der Waals surface area contributed by atoms with Crippen LogP contribution in [0, 0.1) is 11.8 Å². The summed E-state index contributed by atoms with van der Waals surface area (Å²) >= 11 is 1.39. The van der Waals surface area contributed by atoms with Crippen LogP contribution in [0.1, 0.15) is 56.1 Å². The second-order valence-corrected chi connectivity index (χ2v) is 9.68. The van der Waals surface area contributed by atoms with Gasteiger partial charge in [0, 0.05) is 24.5 Å². The van der Waals surface area contributed by atoms with Gasteiger partial charge in [0.15, 0.2) is 0 Å². The van der Waals surface area contributed by atoms with Crippen molar-refractivity contribution >= 4 is 23.3 Å². The Hall–Kier alpha value is -3.60. The molecule has 7 heteroatoms. The van der Waals surface area contributed by atoms with Crippen molar-refractivity contribution in [3.05, 3.63) is 86.6 Å².